The summed E-state index contributed by atoms with van der Waals surface area (Å²) in [5.74, 6) is -1.32. The van der Waals surface area contributed by atoms with Crippen LogP contribution in [0.3, 0.4) is 0 Å². The topological polar surface area (TPSA) is 74.0 Å². The Morgan fingerprint density at radius 1 is 1.19 bits per heavy atom. The van der Waals surface area contributed by atoms with E-state index in [1.165, 1.54) is 36.4 Å². The lowest BCUT2D eigenvalue weighted by Gasteiger charge is -2.03. The number of hydrazine groups is 1. The van der Waals surface area contributed by atoms with E-state index < -0.39 is 11.8 Å². The molecule has 2 amide bonds. The standard InChI is InChI=1S/C14H11BrFN3O2/c15-10-7-12(17-8-10)14(21)19-18-13(20)6-3-9-1-4-11(16)5-2-9/h1-8,17H,(H,18,20)(H,19,21). The van der Waals surface area contributed by atoms with Crippen LogP contribution in [0.1, 0.15) is 16.1 Å². The number of carbonyl (C=O) groups is 2. The summed E-state index contributed by atoms with van der Waals surface area (Å²) < 4.78 is 13.4. The second-order valence-electron chi connectivity index (χ2n) is 4.06. The van der Waals surface area contributed by atoms with Gasteiger partial charge in [-0.25, -0.2) is 4.39 Å². The quantitative estimate of drug-likeness (QED) is 0.586. The maximum Gasteiger partial charge on any atom is 0.286 e. The first-order valence-corrected chi connectivity index (χ1v) is 6.72. The van der Waals surface area contributed by atoms with Crippen LogP contribution in [-0.4, -0.2) is 16.8 Å². The summed E-state index contributed by atoms with van der Waals surface area (Å²) in [6.45, 7) is 0. The zero-order chi connectivity index (χ0) is 15.2. The summed E-state index contributed by atoms with van der Waals surface area (Å²) in [6, 6.07) is 7.24. The third-order valence-corrected chi connectivity index (χ3v) is 2.95. The number of aromatic amines is 1. The molecule has 2 rings (SSSR count). The monoisotopic (exact) mass is 351 g/mol. The van der Waals surface area contributed by atoms with Crippen LogP contribution in [0.5, 0.6) is 0 Å². The van der Waals surface area contributed by atoms with Crippen molar-refractivity contribution in [3.63, 3.8) is 0 Å². The van der Waals surface area contributed by atoms with Gasteiger partial charge in [-0.05, 0) is 45.8 Å². The van der Waals surface area contributed by atoms with Crippen molar-refractivity contribution in [3.8, 4) is 0 Å². The molecule has 0 atom stereocenters. The molecule has 5 nitrogen and oxygen atoms in total. The van der Waals surface area contributed by atoms with Gasteiger partial charge in [-0.2, -0.15) is 0 Å². The Morgan fingerprint density at radius 2 is 1.90 bits per heavy atom. The fourth-order valence-corrected chi connectivity index (χ4v) is 1.82. The summed E-state index contributed by atoms with van der Waals surface area (Å²) in [5, 5.41) is 0. The van der Waals surface area contributed by atoms with E-state index in [4.69, 9.17) is 0 Å². The van der Waals surface area contributed by atoms with Crippen LogP contribution < -0.4 is 10.9 Å². The molecule has 1 heterocycles. The van der Waals surface area contributed by atoms with Crippen molar-refractivity contribution >= 4 is 33.8 Å². The van der Waals surface area contributed by atoms with Crippen LogP contribution in [-0.2, 0) is 4.79 Å². The number of rotatable bonds is 3. The van der Waals surface area contributed by atoms with Gasteiger partial charge in [0.05, 0.1) is 0 Å². The van der Waals surface area contributed by atoms with Crippen LogP contribution in [0.25, 0.3) is 6.08 Å². The molecule has 1 aromatic carbocycles. The van der Waals surface area contributed by atoms with Gasteiger partial charge >= 0.3 is 0 Å². The van der Waals surface area contributed by atoms with E-state index in [0.29, 0.717) is 11.3 Å². The predicted octanol–water partition coefficient (Wildman–Crippen LogP) is 2.39. The molecule has 0 aliphatic heterocycles. The number of amides is 2. The molecule has 0 fully saturated rings. The molecule has 2 aromatic rings. The zero-order valence-electron chi connectivity index (χ0n) is 10.7. The average molecular weight is 352 g/mol. The molecule has 0 unspecified atom stereocenters. The Balaban J connectivity index is 1.84. The molecule has 21 heavy (non-hydrogen) atoms. The van der Waals surface area contributed by atoms with E-state index in [1.54, 1.807) is 12.3 Å². The highest BCUT2D eigenvalue weighted by Gasteiger charge is 2.07. The van der Waals surface area contributed by atoms with Gasteiger partial charge in [0.2, 0.25) is 0 Å². The molecule has 3 N–H and O–H groups in total. The minimum absolute atomic E-state index is 0.310. The van der Waals surface area contributed by atoms with Crippen LogP contribution >= 0.6 is 15.9 Å². The fraction of sp³-hybridized carbons (Fsp3) is 0. The molecule has 0 radical (unpaired) electrons. The van der Waals surface area contributed by atoms with Gasteiger partial charge in [0.15, 0.2) is 0 Å². The Labute approximate surface area is 128 Å². The van der Waals surface area contributed by atoms with Gasteiger partial charge < -0.3 is 4.98 Å². The number of hydrogen-bond acceptors (Lipinski definition) is 2. The van der Waals surface area contributed by atoms with E-state index in [-0.39, 0.29) is 5.82 Å². The van der Waals surface area contributed by atoms with Crippen LogP contribution in [0.4, 0.5) is 4.39 Å². The summed E-state index contributed by atoms with van der Waals surface area (Å²) >= 11 is 3.20. The van der Waals surface area contributed by atoms with E-state index >= 15 is 0 Å². The third-order valence-electron chi connectivity index (χ3n) is 2.49. The van der Waals surface area contributed by atoms with Crippen LogP contribution in [0.15, 0.2) is 47.1 Å². The summed E-state index contributed by atoms with van der Waals surface area (Å²) in [4.78, 5) is 25.9. The van der Waals surface area contributed by atoms with Crippen molar-refractivity contribution in [1.82, 2.24) is 15.8 Å². The van der Waals surface area contributed by atoms with Crippen molar-refractivity contribution in [2.75, 3.05) is 0 Å². The normalized spacial score (nSPS) is 10.6. The molecule has 0 spiro atoms. The summed E-state index contributed by atoms with van der Waals surface area (Å²) in [7, 11) is 0. The van der Waals surface area contributed by atoms with Crippen molar-refractivity contribution in [3.05, 3.63) is 64.2 Å². The molecule has 0 aliphatic carbocycles. The summed E-state index contributed by atoms with van der Waals surface area (Å²) in [5.41, 5.74) is 5.48. The first-order chi connectivity index (χ1) is 10.0. The fourth-order valence-electron chi connectivity index (χ4n) is 1.47. The minimum Gasteiger partial charge on any atom is -0.356 e. The van der Waals surface area contributed by atoms with Crippen LogP contribution in [0, 0.1) is 5.82 Å². The number of carbonyl (C=O) groups excluding carboxylic acids is 2. The van der Waals surface area contributed by atoms with Crippen molar-refractivity contribution in [2.24, 2.45) is 0 Å². The number of benzene rings is 1. The molecular formula is C14H11BrFN3O2. The maximum absolute atomic E-state index is 12.7. The smallest absolute Gasteiger partial charge is 0.286 e. The van der Waals surface area contributed by atoms with Gasteiger partial charge in [-0.3, -0.25) is 20.4 Å². The Hall–Kier alpha value is -2.41. The Kier molecular flexibility index (Phi) is 4.89. The molecule has 0 aliphatic rings. The number of aromatic nitrogens is 1. The van der Waals surface area contributed by atoms with Gasteiger partial charge in [0.25, 0.3) is 11.8 Å². The lowest BCUT2D eigenvalue weighted by atomic mass is 10.2. The second kappa shape index (κ2) is 6.85. The predicted molar refractivity (Wildman–Crippen MR) is 79.5 cm³/mol. The number of hydrogen-bond donors (Lipinski definition) is 3. The maximum atomic E-state index is 12.7. The molecular weight excluding hydrogens is 341 g/mol. The zero-order valence-corrected chi connectivity index (χ0v) is 12.3. The summed E-state index contributed by atoms with van der Waals surface area (Å²) in [6.07, 6.45) is 4.34. The van der Waals surface area contributed by atoms with E-state index in [9.17, 15) is 14.0 Å². The molecule has 108 valence electrons. The van der Waals surface area contributed by atoms with Crippen molar-refractivity contribution in [1.29, 1.82) is 0 Å². The lowest BCUT2D eigenvalue weighted by molar-refractivity contribution is -0.117. The molecule has 0 saturated heterocycles. The molecule has 7 heteroatoms. The highest BCUT2D eigenvalue weighted by molar-refractivity contribution is 9.10. The molecule has 1 aromatic heterocycles. The van der Waals surface area contributed by atoms with Crippen molar-refractivity contribution < 1.29 is 14.0 Å². The largest absolute Gasteiger partial charge is 0.356 e. The van der Waals surface area contributed by atoms with E-state index in [1.807, 2.05) is 0 Å². The third kappa shape index (κ3) is 4.57. The average Bonchev–Trinajstić information content (AvgIpc) is 2.91. The second-order valence-corrected chi connectivity index (χ2v) is 4.98. The Morgan fingerprint density at radius 3 is 2.52 bits per heavy atom. The molecule has 0 saturated carbocycles. The SMILES string of the molecule is O=C(C=Cc1ccc(F)cc1)NNC(=O)c1cc(Br)c[nH]1. The highest BCUT2D eigenvalue weighted by atomic mass is 79.9. The van der Waals surface area contributed by atoms with Gasteiger partial charge in [0, 0.05) is 16.7 Å². The highest BCUT2D eigenvalue weighted by Crippen LogP contribution is 2.10. The van der Waals surface area contributed by atoms with Gasteiger partial charge in [0.1, 0.15) is 11.5 Å². The first kappa shape index (κ1) is 15.0. The lowest BCUT2D eigenvalue weighted by Crippen LogP contribution is -2.40. The van der Waals surface area contributed by atoms with Crippen molar-refractivity contribution in [2.45, 2.75) is 0 Å². The molecule has 0 bridgehead atoms. The Bertz CT molecular complexity index is 680. The van der Waals surface area contributed by atoms with Gasteiger partial charge in [-0.15, -0.1) is 0 Å². The van der Waals surface area contributed by atoms with E-state index in [2.05, 4.69) is 31.8 Å². The number of nitrogens with one attached hydrogen (secondary N) is 3. The number of halogens is 2. The number of H-pyrrole nitrogens is 1. The van der Waals surface area contributed by atoms with Gasteiger partial charge in [-0.1, -0.05) is 12.1 Å². The first-order valence-electron chi connectivity index (χ1n) is 5.92. The van der Waals surface area contributed by atoms with E-state index in [0.717, 1.165) is 4.47 Å². The minimum atomic E-state index is -0.502. The van der Waals surface area contributed by atoms with Crippen LogP contribution in [0.2, 0.25) is 0 Å².